The molecule has 1 heterocycles. The first kappa shape index (κ1) is 21.4. The van der Waals surface area contributed by atoms with E-state index in [9.17, 15) is 9.59 Å². The molecule has 0 unspecified atom stereocenters. The summed E-state index contributed by atoms with van der Waals surface area (Å²) in [5.74, 6) is 0.215. The number of piperazine rings is 1. The standard InChI is InChI=1S/C21H34N4O2/c1-4-24-11-13-25(14-12-24)16-18-6-8-19(9-7-18)23-21(27)15-22-20(26)10-5-17(2)3/h6-9,17H,4-5,10-16H2,1-3H3,(H,22,26)(H,23,27). The summed E-state index contributed by atoms with van der Waals surface area (Å²) in [6.45, 7) is 12.9. The molecule has 2 amide bonds. The zero-order valence-electron chi connectivity index (χ0n) is 17.0. The van der Waals surface area contributed by atoms with Gasteiger partial charge in [-0.2, -0.15) is 0 Å². The molecule has 1 saturated heterocycles. The molecule has 1 aromatic rings. The number of amides is 2. The van der Waals surface area contributed by atoms with Gasteiger partial charge >= 0.3 is 0 Å². The number of nitrogens with one attached hydrogen (secondary N) is 2. The van der Waals surface area contributed by atoms with Crippen molar-refractivity contribution >= 4 is 17.5 Å². The van der Waals surface area contributed by atoms with Gasteiger partial charge in [0.1, 0.15) is 0 Å². The Balaban J connectivity index is 1.70. The Labute approximate surface area is 163 Å². The molecule has 0 aliphatic carbocycles. The van der Waals surface area contributed by atoms with Crippen molar-refractivity contribution in [2.24, 2.45) is 5.92 Å². The molecule has 1 aromatic carbocycles. The fraction of sp³-hybridized carbons (Fsp3) is 0.619. The number of hydrogen-bond donors (Lipinski definition) is 2. The van der Waals surface area contributed by atoms with Crippen LogP contribution in [-0.2, 0) is 16.1 Å². The van der Waals surface area contributed by atoms with Crippen LogP contribution in [-0.4, -0.2) is 60.9 Å². The maximum atomic E-state index is 12.0. The van der Waals surface area contributed by atoms with Crippen molar-refractivity contribution < 1.29 is 9.59 Å². The van der Waals surface area contributed by atoms with Crippen LogP contribution in [0.25, 0.3) is 0 Å². The molecule has 27 heavy (non-hydrogen) atoms. The van der Waals surface area contributed by atoms with Crippen LogP contribution in [0.2, 0.25) is 0 Å². The smallest absolute Gasteiger partial charge is 0.243 e. The van der Waals surface area contributed by atoms with E-state index in [2.05, 4.69) is 53.3 Å². The molecule has 0 atom stereocenters. The topological polar surface area (TPSA) is 64.7 Å². The number of hydrogen-bond acceptors (Lipinski definition) is 4. The molecule has 1 aliphatic heterocycles. The minimum absolute atomic E-state index is 0.0143. The van der Waals surface area contributed by atoms with Crippen LogP contribution < -0.4 is 10.6 Å². The van der Waals surface area contributed by atoms with Gasteiger partial charge in [-0.3, -0.25) is 14.5 Å². The summed E-state index contributed by atoms with van der Waals surface area (Å²) in [7, 11) is 0. The highest BCUT2D eigenvalue weighted by Gasteiger charge is 2.15. The molecule has 1 fully saturated rings. The first-order chi connectivity index (χ1) is 13.0. The number of anilines is 1. The summed E-state index contributed by atoms with van der Waals surface area (Å²) in [5.41, 5.74) is 2.01. The van der Waals surface area contributed by atoms with Crippen molar-refractivity contribution in [3.8, 4) is 0 Å². The van der Waals surface area contributed by atoms with Gasteiger partial charge in [0.15, 0.2) is 0 Å². The number of benzene rings is 1. The van der Waals surface area contributed by atoms with Crippen molar-refractivity contribution in [2.45, 2.75) is 40.2 Å². The van der Waals surface area contributed by atoms with Crippen LogP contribution in [0.15, 0.2) is 24.3 Å². The maximum absolute atomic E-state index is 12.0. The molecule has 0 radical (unpaired) electrons. The molecule has 1 aliphatic rings. The second-order valence-electron chi connectivity index (χ2n) is 7.66. The Bertz CT molecular complexity index is 593. The van der Waals surface area contributed by atoms with Crippen molar-refractivity contribution in [3.63, 3.8) is 0 Å². The van der Waals surface area contributed by atoms with Gasteiger partial charge in [-0.05, 0) is 36.6 Å². The average molecular weight is 375 g/mol. The van der Waals surface area contributed by atoms with Gasteiger partial charge in [-0.15, -0.1) is 0 Å². The summed E-state index contributed by atoms with van der Waals surface area (Å²) in [6.07, 6.45) is 1.30. The lowest BCUT2D eigenvalue weighted by molar-refractivity contribution is -0.124. The summed E-state index contributed by atoms with van der Waals surface area (Å²) < 4.78 is 0. The lowest BCUT2D eigenvalue weighted by Crippen LogP contribution is -2.45. The van der Waals surface area contributed by atoms with Crippen molar-refractivity contribution in [3.05, 3.63) is 29.8 Å². The van der Waals surface area contributed by atoms with Gasteiger partial charge in [0, 0.05) is 44.8 Å². The third-order valence-electron chi connectivity index (χ3n) is 4.95. The quantitative estimate of drug-likeness (QED) is 0.696. The van der Waals surface area contributed by atoms with Crippen LogP contribution in [0.3, 0.4) is 0 Å². The fourth-order valence-corrected chi connectivity index (χ4v) is 3.11. The SMILES string of the molecule is CCN1CCN(Cc2ccc(NC(=O)CNC(=O)CCC(C)C)cc2)CC1. The van der Waals surface area contributed by atoms with Gasteiger partial charge in [0.2, 0.25) is 11.8 Å². The van der Waals surface area contributed by atoms with Crippen molar-refractivity contribution in [1.29, 1.82) is 0 Å². The maximum Gasteiger partial charge on any atom is 0.243 e. The molecule has 2 rings (SSSR count). The average Bonchev–Trinajstić information content (AvgIpc) is 2.67. The number of likely N-dealkylation sites (N-methyl/N-ethyl adjacent to an activating group) is 1. The van der Waals surface area contributed by atoms with Gasteiger partial charge in [-0.1, -0.05) is 32.9 Å². The van der Waals surface area contributed by atoms with E-state index < -0.39 is 0 Å². The Morgan fingerprint density at radius 3 is 2.22 bits per heavy atom. The van der Waals surface area contributed by atoms with Crippen LogP contribution in [0.4, 0.5) is 5.69 Å². The molecule has 0 saturated carbocycles. The third-order valence-corrected chi connectivity index (χ3v) is 4.95. The summed E-state index contributed by atoms with van der Waals surface area (Å²) in [5, 5.41) is 5.50. The monoisotopic (exact) mass is 374 g/mol. The molecule has 2 N–H and O–H groups in total. The van der Waals surface area contributed by atoms with Gasteiger partial charge in [-0.25, -0.2) is 0 Å². The molecule has 6 heteroatoms. The summed E-state index contributed by atoms with van der Waals surface area (Å²) >= 11 is 0. The molecule has 0 spiro atoms. The molecule has 150 valence electrons. The second-order valence-corrected chi connectivity index (χ2v) is 7.66. The Morgan fingerprint density at radius 2 is 1.63 bits per heavy atom. The van der Waals surface area contributed by atoms with Gasteiger partial charge in [0.05, 0.1) is 6.54 Å². The molecule has 0 aromatic heterocycles. The zero-order chi connectivity index (χ0) is 19.6. The van der Waals surface area contributed by atoms with E-state index >= 15 is 0 Å². The lowest BCUT2D eigenvalue weighted by Gasteiger charge is -2.34. The molecule has 6 nitrogen and oxygen atoms in total. The Hall–Kier alpha value is -1.92. The first-order valence-electron chi connectivity index (χ1n) is 10.1. The number of carbonyl (C=O) groups excluding carboxylic acids is 2. The van der Waals surface area contributed by atoms with Crippen molar-refractivity contribution in [1.82, 2.24) is 15.1 Å². The van der Waals surface area contributed by atoms with E-state index in [0.717, 1.165) is 51.4 Å². The summed E-state index contributed by atoms with van der Waals surface area (Å²) in [6, 6.07) is 7.97. The van der Waals surface area contributed by atoms with E-state index in [1.54, 1.807) is 0 Å². The van der Waals surface area contributed by atoms with E-state index in [-0.39, 0.29) is 18.4 Å². The van der Waals surface area contributed by atoms with E-state index in [1.165, 1.54) is 5.56 Å². The largest absolute Gasteiger partial charge is 0.347 e. The highest BCUT2D eigenvalue weighted by Crippen LogP contribution is 2.13. The van der Waals surface area contributed by atoms with E-state index in [4.69, 9.17) is 0 Å². The van der Waals surface area contributed by atoms with Crippen LogP contribution in [0, 0.1) is 5.92 Å². The minimum Gasteiger partial charge on any atom is -0.347 e. The third kappa shape index (κ3) is 8.10. The van der Waals surface area contributed by atoms with E-state index in [1.807, 2.05) is 12.1 Å². The zero-order valence-corrected chi connectivity index (χ0v) is 17.0. The first-order valence-corrected chi connectivity index (χ1v) is 10.1. The molecule has 0 bridgehead atoms. The number of rotatable bonds is 9. The summed E-state index contributed by atoms with van der Waals surface area (Å²) in [4.78, 5) is 28.6. The van der Waals surface area contributed by atoms with Crippen LogP contribution in [0.5, 0.6) is 0 Å². The molecular formula is C21H34N4O2. The predicted octanol–water partition coefficient (Wildman–Crippen LogP) is 2.31. The number of nitrogens with zero attached hydrogens (tertiary/aromatic N) is 2. The van der Waals surface area contributed by atoms with Gasteiger partial charge in [0.25, 0.3) is 0 Å². The minimum atomic E-state index is -0.198. The highest BCUT2D eigenvalue weighted by molar-refractivity contribution is 5.94. The second kappa shape index (κ2) is 11.0. The Kier molecular flexibility index (Phi) is 8.75. The predicted molar refractivity (Wildman–Crippen MR) is 110 cm³/mol. The van der Waals surface area contributed by atoms with E-state index in [0.29, 0.717) is 12.3 Å². The fourth-order valence-electron chi connectivity index (χ4n) is 3.11. The van der Waals surface area contributed by atoms with Crippen LogP contribution in [0.1, 0.15) is 39.2 Å². The van der Waals surface area contributed by atoms with Gasteiger partial charge < -0.3 is 15.5 Å². The lowest BCUT2D eigenvalue weighted by atomic mass is 10.1. The normalized spacial score (nSPS) is 15.7. The Morgan fingerprint density at radius 1 is 1.00 bits per heavy atom. The number of carbonyl (C=O) groups is 2. The molecular weight excluding hydrogens is 340 g/mol. The highest BCUT2D eigenvalue weighted by atomic mass is 16.2. The van der Waals surface area contributed by atoms with Crippen molar-refractivity contribution in [2.75, 3.05) is 44.6 Å². The van der Waals surface area contributed by atoms with Crippen LogP contribution >= 0.6 is 0 Å².